The minimum atomic E-state index is -0.454. The van der Waals surface area contributed by atoms with E-state index in [9.17, 15) is 14.0 Å². The average molecular weight is 385 g/mol. The Hall–Kier alpha value is -2.90. The summed E-state index contributed by atoms with van der Waals surface area (Å²) in [7, 11) is 0. The Kier molecular flexibility index (Phi) is 5.27. The molecule has 2 fully saturated rings. The first kappa shape index (κ1) is 18.5. The summed E-state index contributed by atoms with van der Waals surface area (Å²) in [5.74, 6) is 1.03. The lowest BCUT2D eigenvalue weighted by atomic mass is 10.0. The van der Waals surface area contributed by atoms with Gasteiger partial charge < -0.3 is 10.2 Å². The fraction of sp³-hybridized carbons (Fsp3) is 0.450. The Labute approximate surface area is 162 Å². The number of anilines is 2. The van der Waals surface area contributed by atoms with E-state index < -0.39 is 11.8 Å². The van der Waals surface area contributed by atoms with E-state index in [1.165, 1.54) is 31.0 Å². The van der Waals surface area contributed by atoms with Crippen LogP contribution in [0.4, 0.5) is 20.7 Å². The highest BCUT2D eigenvalue weighted by molar-refractivity contribution is 5.99. The van der Waals surface area contributed by atoms with Gasteiger partial charge in [-0.25, -0.2) is 13.9 Å². The third-order valence-electron chi connectivity index (χ3n) is 5.32. The van der Waals surface area contributed by atoms with Gasteiger partial charge in [0, 0.05) is 31.3 Å². The number of halogens is 1. The van der Waals surface area contributed by atoms with Crippen LogP contribution in [0.25, 0.3) is 0 Å². The number of nitrogens with one attached hydrogen (secondary N) is 2. The summed E-state index contributed by atoms with van der Waals surface area (Å²) in [5, 5.41) is 9.74. The molecular weight excluding hydrogens is 361 g/mol. The van der Waals surface area contributed by atoms with Crippen LogP contribution >= 0.6 is 0 Å². The number of hydrogen-bond donors (Lipinski definition) is 2. The highest BCUT2D eigenvalue weighted by atomic mass is 19.1. The molecule has 1 aromatic carbocycles. The average Bonchev–Trinajstić information content (AvgIpc) is 3.37. The van der Waals surface area contributed by atoms with Crippen molar-refractivity contribution in [3.8, 4) is 0 Å². The quantitative estimate of drug-likeness (QED) is 0.825. The van der Waals surface area contributed by atoms with Gasteiger partial charge >= 0.3 is 6.03 Å². The predicted molar refractivity (Wildman–Crippen MR) is 103 cm³/mol. The molecule has 2 N–H and O–H groups in total. The number of piperidine rings is 1. The Morgan fingerprint density at radius 1 is 1.11 bits per heavy atom. The number of urea groups is 1. The first-order chi connectivity index (χ1) is 13.6. The third-order valence-corrected chi connectivity index (χ3v) is 5.32. The molecule has 0 radical (unpaired) electrons. The van der Waals surface area contributed by atoms with Gasteiger partial charge in [0.25, 0.3) is 0 Å². The molecule has 1 aliphatic carbocycles. The van der Waals surface area contributed by atoms with E-state index in [0.717, 1.165) is 12.8 Å². The molecule has 1 saturated carbocycles. The van der Waals surface area contributed by atoms with Gasteiger partial charge in [-0.1, -0.05) is 6.07 Å². The zero-order valence-corrected chi connectivity index (χ0v) is 15.6. The third kappa shape index (κ3) is 4.49. The maximum atomic E-state index is 13.2. The molecule has 2 aromatic rings. The smallest absolute Gasteiger partial charge is 0.324 e. The molecule has 4 rings (SSSR count). The minimum absolute atomic E-state index is 0.129. The van der Waals surface area contributed by atoms with Gasteiger partial charge in [-0.2, -0.15) is 5.10 Å². The predicted octanol–water partition coefficient (Wildman–Crippen LogP) is 3.63. The maximum absolute atomic E-state index is 13.2. The van der Waals surface area contributed by atoms with Gasteiger partial charge in [0.05, 0.1) is 12.2 Å². The maximum Gasteiger partial charge on any atom is 0.324 e. The number of likely N-dealkylation sites (tertiary alicyclic amines) is 1. The molecule has 0 bridgehead atoms. The molecule has 148 valence electrons. The molecule has 1 aromatic heterocycles. The standard InChI is InChI=1S/C20H24FN5O2/c21-15-2-1-3-16(13-15)23-20(28)24-18-6-9-22-26(18)17-7-10-25(11-8-17)19(27)12-14-4-5-14/h1-3,6,9,13-14,17H,4-5,7-8,10-12H2,(H2,23,24,28). The molecule has 28 heavy (non-hydrogen) atoms. The molecule has 0 spiro atoms. The van der Waals surface area contributed by atoms with Gasteiger partial charge in [-0.05, 0) is 49.8 Å². The van der Waals surface area contributed by atoms with Crippen LogP contribution in [-0.4, -0.2) is 39.7 Å². The van der Waals surface area contributed by atoms with Crippen LogP contribution in [0.2, 0.25) is 0 Å². The molecule has 8 heteroatoms. The SMILES string of the molecule is O=C(Nc1cccc(F)c1)Nc1ccnn1C1CCN(C(=O)CC2CC2)CC1. The van der Waals surface area contributed by atoms with Crippen molar-refractivity contribution in [2.45, 2.75) is 38.1 Å². The first-order valence-electron chi connectivity index (χ1n) is 9.73. The molecule has 1 aliphatic heterocycles. The summed E-state index contributed by atoms with van der Waals surface area (Å²) in [6.07, 6.45) is 6.29. The van der Waals surface area contributed by atoms with Crippen LogP contribution in [0.5, 0.6) is 0 Å². The van der Waals surface area contributed by atoms with Crippen LogP contribution in [0, 0.1) is 11.7 Å². The van der Waals surface area contributed by atoms with Gasteiger partial charge in [0.2, 0.25) is 5.91 Å². The van der Waals surface area contributed by atoms with Crippen molar-refractivity contribution in [1.82, 2.24) is 14.7 Å². The zero-order chi connectivity index (χ0) is 19.5. The number of benzene rings is 1. The Bertz CT molecular complexity index is 856. The summed E-state index contributed by atoms with van der Waals surface area (Å²) >= 11 is 0. The Morgan fingerprint density at radius 3 is 2.61 bits per heavy atom. The van der Waals surface area contributed by atoms with Crippen molar-refractivity contribution >= 4 is 23.4 Å². The molecule has 0 unspecified atom stereocenters. The molecule has 3 amide bonds. The minimum Gasteiger partial charge on any atom is -0.343 e. The molecule has 2 heterocycles. The van der Waals surface area contributed by atoms with Crippen LogP contribution in [0.1, 0.15) is 38.1 Å². The molecule has 0 atom stereocenters. The number of amides is 3. The van der Waals surface area contributed by atoms with E-state index in [0.29, 0.717) is 36.9 Å². The molecule has 1 saturated heterocycles. The van der Waals surface area contributed by atoms with E-state index in [4.69, 9.17) is 0 Å². The summed E-state index contributed by atoms with van der Waals surface area (Å²) in [5.41, 5.74) is 0.381. The number of nitrogens with zero attached hydrogens (tertiary/aromatic N) is 3. The highest BCUT2D eigenvalue weighted by Gasteiger charge is 2.30. The molecule has 7 nitrogen and oxygen atoms in total. The zero-order valence-electron chi connectivity index (χ0n) is 15.6. The van der Waals surface area contributed by atoms with Crippen molar-refractivity contribution < 1.29 is 14.0 Å². The summed E-state index contributed by atoms with van der Waals surface area (Å²) in [6.45, 7) is 1.43. The van der Waals surface area contributed by atoms with E-state index in [1.807, 2.05) is 4.90 Å². The number of rotatable bonds is 5. The number of aromatic nitrogens is 2. The molecule has 2 aliphatic rings. The lowest BCUT2D eigenvalue weighted by molar-refractivity contribution is -0.132. The van der Waals surface area contributed by atoms with Crippen molar-refractivity contribution in [3.05, 3.63) is 42.3 Å². The second-order valence-electron chi connectivity index (χ2n) is 7.51. The van der Waals surface area contributed by atoms with E-state index in [2.05, 4.69) is 15.7 Å². The van der Waals surface area contributed by atoms with Crippen LogP contribution in [0.15, 0.2) is 36.5 Å². The normalized spacial score (nSPS) is 17.4. The second-order valence-corrected chi connectivity index (χ2v) is 7.51. The van der Waals surface area contributed by atoms with Crippen molar-refractivity contribution in [3.63, 3.8) is 0 Å². The second kappa shape index (κ2) is 8.00. The summed E-state index contributed by atoms with van der Waals surface area (Å²) in [4.78, 5) is 26.4. The Morgan fingerprint density at radius 2 is 1.89 bits per heavy atom. The van der Waals surface area contributed by atoms with E-state index in [1.54, 1.807) is 23.0 Å². The molecular formula is C20H24FN5O2. The topological polar surface area (TPSA) is 79.3 Å². The first-order valence-corrected chi connectivity index (χ1v) is 9.73. The van der Waals surface area contributed by atoms with Gasteiger partial charge in [-0.15, -0.1) is 0 Å². The lowest BCUT2D eigenvalue weighted by Gasteiger charge is -2.32. The van der Waals surface area contributed by atoms with Crippen LogP contribution in [0.3, 0.4) is 0 Å². The van der Waals surface area contributed by atoms with Crippen LogP contribution < -0.4 is 10.6 Å². The fourth-order valence-electron chi connectivity index (χ4n) is 3.61. The van der Waals surface area contributed by atoms with Gasteiger partial charge in [-0.3, -0.25) is 10.1 Å². The monoisotopic (exact) mass is 385 g/mol. The van der Waals surface area contributed by atoms with Crippen molar-refractivity contribution in [2.24, 2.45) is 5.92 Å². The van der Waals surface area contributed by atoms with E-state index in [-0.39, 0.29) is 11.9 Å². The Balaban J connectivity index is 1.32. The highest BCUT2D eigenvalue weighted by Crippen LogP contribution is 2.34. The van der Waals surface area contributed by atoms with Crippen LogP contribution in [-0.2, 0) is 4.79 Å². The van der Waals surface area contributed by atoms with Gasteiger partial charge in [0.15, 0.2) is 0 Å². The lowest BCUT2D eigenvalue weighted by Crippen LogP contribution is -2.39. The number of carbonyl (C=O) groups is 2. The summed E-state index contributed by atoms with van der Waals surface area (Å²) in [6, 6.07) is 7.14. The van der Waals surface area contributed by atoms with Crippen molar-refractivity contribution in [1.29, 1.82) is 0 Å². The summed E-state index contributed by atoms with van der Waals surface area (Å²) < 4.78 is 15.0. The van der Waals surface area contributed by atoms with E-state index >= 15 is 0 Å². The van der Waals surface area contributed by atoms with Gasteiger partial charge in [0.1, 0.15) is 11.6 Å². The number of hydrogen-bond acceptors (Lipinski definition) is 3. The largest absolute Gasteiger partial charge is 0.343 e. The number of carbonyl (C=O) groups excluding carboxylic acids is 2. The fourth-order valence-corrected chi connectivity index (χ4v) is 3.61. The van der Waals surface area contributed by atoms with Crippen molar-refractivity contribution in [2.75, 3.05) is 23.7 Å².